The number of nitrogens with two attached hydrogens (primary N) is 1. The molecule has 0 aliphatic carbocycles. The molecule has 0 bridgehead atoms. The summed E-state index contributed by atoms with van der Waals surface area (Å²) in [6.45, 7) is 2.69. The lowest BCUT2D eigenvalue weighted by atomic mass is 10.1. The second-order valence-electron chi connectivity index (χ2n) is 5.36. The number of benzene rings is 1. The van der Waals surface area contributed by atoms with E-state index in [4.69, 9.17) is 10.5 Å². The first-order chi connectivity index (χ1) is 10.2. The van der Waals surface area contributed by atoms with Crippen LogP contribution in [0.1, 0.15) is 24.8 Å². The highest BCUT2D eigenvalue weighted by Gasteiger charge is 2.23. The number of likely N-dealkylation sites (tertiary alicyclic amines) is 1. The molecular formula is C16H23FN2O2. The van der Waals surface area contributed by atoms with Crippen molar-refractivity contribution >= 4 is 5.91 Å². The molecule has 21 heavy (non-hydrogen) atoms. The minimum absolute atomic E-state index is 0.0134. The fourth-order valence-electron chi connectivity index (χ4n) is 2.52. The van der Waals surface area contributed by atoms with Crippen LogP contribution in [0.4, 0.5) is 4.39 Å². The normalized spacial score (nSPS) is 16.2. The molecule has 1 heterocycles. The molecule has 1 aliphatic rings. The number of hydrogen-bond acceptors (Lipinski definition) is 3. The summed E-state index contributed by atoms with van der Waals surface area (Å²) in [6.07, 6.45) is 2.90. The lowest BCUT2D eigenvalue weighted by Gasteiger charge is -2.32. The van der Waals surface area contributed by atoms with E-state index in [2.05, 4.69) is 0 Å². The third-order valence-electron chi connectivity index (χ3n) is 3.80. The summed E-state index contributed by atoms with van der Waals surface area (Å²) in [7, 11) is 0. The molecule has 0 atom stereocenters. The number of ether oxygens (including phenoxy) is 1. The van der Waals surface area contributed by atoms with E-state index in [1.807, 2.05) is 0 Å². The molecule has 0 unspecified atom stereocenters. The molecule has 0 radical (unpaired) electrons. The number of nitrogens with zero attached hydrogens (tertiary/aromatic N) is 1. The number of carbonyl (C=O) groups excluding carboxylic acids is 1. The van der Waals surface area contributed by atoms with E-state index >= 15 is 0 Å². The molecule has 1 amide bonds. The Labute approximate surface area is 125 Å². The summed E-state index contributed by atoms with van der Waals surface area (Å²) in [6, 6.07) is 6.44. The zero-order valence-electron chi connectivity index (χ0n) is 12.3. The van der Waals surface area contributed by atoms with Crippen LogP contribution in [-0.4, -0.2) is 43.2 Å². The minimum atomic E-state index is -0.314. The summed E-state index contributed by atoms with van der Waals surface area (Å²) in [5.41, 5.74) is 5.89. The Balaban J connectivity index is 1.77. The van der Waals surface area contributed by atoms with Crippen LogP contribution >= 0.6 is 0 Å². The molecule has 2 N–H and O–H groups in total. The summed E-state index contributed by atoms with van der Waals surface area (Å²) in [5.74, 6) is -0.327. The van der Waals surface area contributed by atoms with Crippen molar-refractivity contribution < 1.29 is 13.9 Å². The molecule has 116 valence electrons. The minimum Gasteiger partial charge on any atom is -0.378 e. The van der Waals surface area contributed by atoms with Crippen molar-refractivity contribution in [2.24, 2.45) is 5.73 Å². The highest BCUT2D eigenvalue weighted by Crippen LogP contribution is 2.16. The average Bonchev–Trinajstić information content (AvgIpc) is 2.50. The zero-order valence-corrected chi connectivity index (χ0v) is 12.3. The first kappa shape index (κ1) is 15.9. The average molecular weight is 294 g/mol. The molecule has 0 spiro atoms. The largest absolute Gasteiger partial charge is 0.378 e. The van der Waals surface area contributed by atoms with Gasteiger partial charge in [0.1, 0.15) is 5.82 Å². The quantitative estimate of drug-likeness (QED) is 0.813. The summed E-state index contributed by atoms with van der Waals surface area (Å²) < 4.78 is 19.3. The predicted octanol–water partition coefficient (Wildman–Crippen LogP) is 1.72. The van der Waals surface area contributed by atoms with Crippen molar-refractivity contribution in [1.82, 2.24) is 4.90 Å². The molecule has 1 aromatic rings. The molecule has 2 rings (SSSR count). The Morgan fingerprint density at radius 3 is 2.71 bits per heavy atom. The van der Waals surface area contributed by atoms with E-state index in [9.17, 15) is 9.18 Å². The maximum absolute atomic E-state index is 13.6. The van der Waals surface area contributed by atoms with Gasteiger partial charge in [-0.3, -0.25) is 4.79 Å². The topological polar surface area (TPSA) is 55.6 Å². The number of amides is 1. The Bertz CT molecular complexity index is 459. The number of piperidine rings is 1. The summed E-state index contributed by atoms with van der Waals surface area (Å²) in [5, 5.41) is 0. The van der Waals surface area contributed by atoms with Gasteiger partial charge in [0.25, 0.3) is 0 Å². The maximum atomic E-state index is 13.6. The van der Waals surface area contributed by atoms with Crippen LogP contribution in [0.25, 0.3) is 0 Å². The highest BCUT2D eigenvalue weighted by molar-refractivity contribution is 5.78. The van der Waals surface area contributed by atoms with Gasteiger partial charge in [-0.1, -0.05) is 18.2 Å². The van der Waals surface area contributed by atoms with Gasteiger partial charge in [0.15, 0.2) is 0 Å². The monoisotopic (exact) mass is 294 g/mol. The number of hydrogen-bond donors (Lipinski definition) is 1. The third-order valence-corrected chi connectivity index (χ3v) is 3.80. The smallest absolute Gasteiger partial charge is 0.227 e. The van der Waals surface area contributed by atoms with Crippen molar-refractivity contribution in [3.8, 4) is 0 Å². The van der Waals surface area contributed by atoms with Crippen LogP contribution in [0.15, 0.2) is 24.3 Å². The van der Waals surface area contributed by atoms with Crippen molar-refractivity contribution in [3.63, 3.8) is 0 Å². The molecule has 4 nitrogen and oxygen atoms in total. The van der Waals surface area contributed by atoms with Gasteiger partial charge in [-0.15, -0.1) is 0 Å². The van der Waals surface area contributed by atoms with Crippen LogP contribution in [-0.2, 0) is 16.0 Å². The number of halogens is 1. The molecule has 0 aromatic heterocycles. The van der Waals surface area contributed by atoms with E-state index in [0.717, 1.165) is 19.3 Å². The number of rotatable bonds is 6. The van der Waals surface area contributed by atoms with Crippen molar-refractivity contribution in [1.29, 1.82) is 0 Å². The predicted molar refractivity (Wildman–Crippen MR) is 79.3 cm³/mol. The van der Waals surface area contributed by atoms with Gasteiger partial charge in [0, 0.05) is 19.7 Å². The van der Waals surface area contributed by atoms with E-state index in [-0.39, 0.29) is 24.2 Å². The van der Waals surface area contributed by atoms with Crippen molar-refractivity contribution in [2.45, 2.75) is 31.8 Å². The van der Waals surface area contributed by atoms with E-state index in [0.29, 0.717) is 31.8 Å². The van der Waals surface area contributed by atoms with Crippen molar-refractivity contribution in [2.75, 3.05) is 26.2 Å². The lowest BCUT2D eigenvalue weighted by Crippen LogP contribution is -2.41. The number of carbonyl (C=O) groups is 1. The van der Waals surface area contributed by atoms with Gasteiger partial charge in [-0.25, -0.2) is 4.39 Å². The van der Waals surface area contributed by atoms with Crippen LogP contribution in [0.5, 0.6) is 0 Å². The van der Waals surface area contributed by atoms with Gasteiger partial charge in [0.2, 0.25) is 5.91 Å². The Kier molecular flexibility index (Phi) is 6.14. The van der Waals surface area contributed by atoms with E-state index in [1.165, 1.54) is 6.07 Å². The Hall–Kier alpha value is -1.46. The molecule has 1 aromatic carbocycles. The molecule has 1 saturated heterocycles. The highest BCUT2D eigenvalue weighted by atomic mass is 19.1. The third kappa shape index (κ3) is 4.79. The van der Waals surface area contributed by atoms with Crippen LogP contribution in [0.3, 0.4) is 0 Å². The summed E-state index contributed by atoms with van der Waals surface area (Å²) >= 11 is 0. The fraction of sp³-hybridized carbons (Fsp3) is 0.562. The van der Waals surface area contributed by atoms with Crippen molar-refractivity contribution in [3.05, 3.63) is 35.6 Å². The maximum Gasteiger partial charge on any atom is 0.227 e. The molecule has 1 aliphatic heterocycles. The second kappa shape index (κ2) is 8.10. The van der Waals surface area contributed by atoms with E-state index in [1.54, 1.807) is 23.1 Å². The van der Waals surface area contributed by atoms with Gasteiger partial charge in [-0.2, -0.15) is 0 Å². The zero-order chi connectivity index (χ0) is 15.1. The van der Waals surface area contributed by atoms with Crippen LogP contribution in [0.2, 0.25) is 0 Å². The van der Waals surface area contributed by atoms with Gasteiger partial charge < -0.3 is 15.4 Å². The fourth-order valence-corrected chi connectivity index (χ4v) is 2.52. The van der Waals surface area contributed by atoms with Crippen LogP contribution in [0, 0.1) is 5.82 Å². The summed E-state index contributed by atoms with van der Waals surface area (Å²) in [4.78, 5) is 14.0. The Morgan fingerprint density at radius 2 is 2.05 bits per heavy atom. The van der Waals surface area contributed by atoms with Crippen LogP contribution < -0.4 is 5.73 Å². The standard InChI is InChI=1S/C16H23FN2O2/c17-15-5-2-1-4-13(15)12-16(20)19-9-6-14(7-10-19)21-11-3-8-18/h1-2,4-5,14H,3,6-12,18H2. The van der Waals surface area contributed by atoms with Gasteiger partial charge >= 0.3 is 0 Å². The SMILES string of the molecule is NCCCOC1CCN(C(=O)Cc2ccccc2F)CC1. The molecule has 0 saturated carbocycles. The van der Waals surface area contributed by atoms with Gasteiger partial charge in [-0.05, 0) is 37.4 Å². The van der Waals surface area contributed by atoms with E-state index < -0.39 is 0 Å². The first-order valence-corrected chi connectivity index (χ1v) is 7.53. The molecule has 1 fully saturated rings. The second-order valence-corrected chi connectivity index (χ2v) is 5.36. The molecule has 5 heteroatoms. The van der Waals surface area contributed by atoms with Gasteiger partial charge in [0.05, 0.1) is 12.5 Å². The Morgan fingerprint density at radius 1 is 1.33 bits per heavy atom. The lowest BCUT2D eigenvalue weighted by molar-refractivity contribution is -0.133. The first-order valence-electron chi connectivity index (χ1n) is 7.53. The molecular weight excluding hydrogens is 271 g/mol.